The maximum Gasteiger partial charge on any atom is 0.416 e. The van der Waals surface area contributed by atoms with Gasteiger partial charge in [0.15, 0.2) is 0 Å². The topological polar surface area (TPSA) is 64.6 Å². The third-order valence-corrected chi connectivity index (χ3v) is 2.64. The van der Waals surface area contributed by atoms with Gasteiger partial charge >= 0.3 is 6.18 Å². The Hall–Kier alpha value is -2.14. The normalized spacial score (nSPS) is 11.5. The Morgan fingerprint density at radius 2 is 2.11 bits per heavy atom. The van der Waals surface area contributed by atoms with Crippen molar-refractivity contribution in [1.82, 2.24) is 4.98 Å². The van der Waals surface area contributed by atoms with E-state index in [1.54, 1.807) is 6.20 Å². The number of H-pyrrole nitrogens is 1. The fraction of sp³-hybridized carbons (Fsp3) is 0.273. The van der Waals surface area contributed by atoms with Crippen LogP contribution in [0.25, 0.3) is 21.3 Å². The lowest BCUT2D eigenvalue weighted by atomic mass is 10.1. The zero-order valence-corrected chi connectivity index (χ0v) is 9.20. The van der Waals surface area contributed by atoms with E-state index in [4.69, 9.17) is 5.53 Å². The van der Waals surface area contributed by atoms with Crippen LogP contribution in [-0.4, -0.2) is 11.5 Å². The van der Waals surface area contributed by atoms with E-state index in [1.165, 1.54) is 6.07 Å². The van der Waals surface area contributed by atoms with E-state index in [1.807, 2.05) is 0 Å². The first kappa shape index (κ1) is 12.3. The summed E-state index contributed by atoms with van der Waals surface area (Å²) in [4.78, 5) is 5.50. The maximum atomic E-state index is 12.6. The number of nitrogens with zero attached hydrogens (tertiary/aromatic N) is 3. The highest BCUT2D eigenvalue weighted by Crippen LogP contribution is 2.32. The number of rotatable bonds is 3. The monoisotopic (exact) mass is 254 g/mol. The van der Waals surface area contributed by atoms with Crippen molar-refractivity contribution in [2.75, 3.05) is 6.54 Å². The molecule has 0 spiro atoms. The van der Waals surface area contributed by atoms with Crippen molar-refractivity contribution >= 4 is 10.9 Å². The van der Waals surface area contributed by atoms with Gasteiger partial charge in [-0.15, -0.1) is 0 Å². The highest BCUT2D eigenvalue weighted by Gasteiger charge is 2.30. The second-order valence-electron chi connectivity index (χ2n) is 3.78. The number of hydrogen-bond acceptors (Lipinski definition) is 1. The molecule has 0 atom stereocenters. The predicted molar refractivity (Wildman–Crippen MR) is 61.0 cm³/mol. The average Bonchev–Trinajstić information content (AvgIpc) is 2.71. The van der Waals surface area contributed by atoms with Crippen LogP contribution in [0.2, 0.25) is 0 Å². The number of azide groups is 1. The molecule has 0 saturated carbocycles. The third kappa shape index (κ3) is 2.41. The molecule has 18 heavy (non-hydrogen) atoms. The highest BCUT2D eigenvalue weighted by atomic mass is 19.4. The van der Waals surface area contributed by atoms with Crippen molar-refractivity contribution in [3.63, 3.8) is 0 Å². The van der Waals surface area contributed by atoms with Crippen LogP contribution in [0, 0.1) is 0 Å². The summed E-state index contributed by atoms with van der Waals surface area (Å²) in [7, 11) is 0. The van der Waals surface area contributed by atoms with Crippen molar-refractivity contribution in [3.05, 3.63) is 46.0 Å². The molecule has 0 saturated heterocycles. The van der Waals surface area contributed by atoms with Crippen LogP contribution in [0.15, 0.2) is 29.5 Å². The van der Waals surface area contributed by atoms with Gasteiger partial charge in [0, 0.05) is 28.6 Å². The Balaban J connectivity index is 2.40. The quantitative estimate of drug-likeness (QED) is 0.488. The molecule has 0 aliphatic heterocycles. The van der Waals surface area contributed by atoms with Crippen molar-refractivity contribution < 1.29 is 13.2 Å². The number of nitrogens with one attached hydrogen (secondary N) is 1. The van der Waals surface area contributed by atoms with E-state index < -0.39 is 11.7 Å². The molecule has 2 rings (SSSR count). The molecule has 0 unspecified atom stereocenters. The molecule has 1 N–H and O–H groups in total. The van der Waals surface area contributed by atoms with E-state index in [-0.39, 0.29) is 6.54 Å². The second kappa shape index (κ2) is 4.62. The Morgan fingerprint density at radius 1 is 1.33 bits per heavy atom. The molecular weight excluding hydrogens is 245 g/mol. The minimum Gasteiger partial charge on any atom is -0.361 e. The molecular formula is C11H9F3N4. The van der Waals surface area contributed by atoms with E-state index in [2.05, 4.69) is 15.0 Å². The fourth-order valence-electron chi connectivity index (χ4n) is 1.78. The molecule has 1 aromatic heterocycles. The first-order valence-electron chi connectivity index (χ1n) is 5.20. The van der Waals surface area contributed by atoms with Crippen LogP contribution in [0.5, 0.6) is 0 Å². The van der Waals surface area contributed by atoms with Crippen molar-refractivity contribution in [2.45, 2.75) is 12.6 Å². The number of alkyl halides is 3. The Morgan fingerprint density at radius 3 is 2.78 bits per heavy atom. The molecule has 1 aromatic carbocycles. The largest absolute Gasteiger partial charge is 0.416 e. The van der Waals surface area contributed by atoms with Crippen LogP contribution in [0.4, 0.5) is 13.2 Å². The van der Waals surface area contributed by atoms with Gasteiger partial charge < -0.3 is 4.98 Å². The molecule has 94 valence electrons. The summed E-state index contributed by atoms with van der Waals surface area (Å²) >= 11 is 0. The Kier molecular flexibility index (Phi) is 3.16. The Labute approximate surface area is 100 Å². The van der Waals surface area contributed by atoms with E-state index in [0.717, 1.165) is 12.1 Å². The summed E-state index contributed by atoms with van der Waals surface area (Å²) in [6.07, 6.45) is -2.31. The molecule has 0 fully saturated rings. The molecule has 1 heterocycles. The minimum atomic E-state index is -4.35. The van der Waals surface area contributed by atoms with Crippen LogP contribution >= 0.6 is 0 Å². The van der Waals surface area contributed by atoms with Gasteiger partial charge in [0.25, 0.3) is 0 Å². The molecule has 0 bridgehead atoms. The summed E-state index contributed by atoms with van der Waals surface area (Å²) in [5.74, 6) is 0. The van der Waals surface area contributed by atoms with Crippen LogP contribution in [0.3, 0.4) is 0 Å². The lowest BCUT2D eigenvalue weighted by Gasteiger charge is -2.06. The second-order valence-corrected chi connectivity index (χ2v) is 3.78. The smallest absolute Gasteiger partial charge is 0.361 e. The molecule has 0 aliphatic carbocycles. The maximum absolute atomic E-state index is 12.6. The Bertz CT molecular complexity index is 608. The SMILES string of the molecule is [N-]=[N+]=NCCc1c[nH]c2ccc(C(F)(F)F)cc12. The molecule has 0 radical (unpaired) electrons. The van der Waals surface area contributed by atoms with Gasteiger partial charge in [0.1, 0.15) is 0 Å². The first-order valence-corrected chi connectivity index (χ1v) is 5.20. The van der Waals surface area contributed by atoms with Crippen molar-refractivity contribution in [1.29, 1.82) is 0 Å². The summed E-state index contributed by atoms with van der Waals surface area (Å²) in [5.41, 5.74) is 8.83. The van der Waals surface area contributed by atoms with Gasteiger partial charge in [0.05, 0.1) is 5.56 Å². The molecule has 2 aromatic rings. The first-order chi connectivity index (χ1) is 8.52. The van der Waals surface area contributed by atoms with Crippen LogP contribution < -0.4 is 0 Å². The third-order valence-electron chi connectivity index (χ3n) is 2.64. The van der Waals surface area contributed by atoms with Gasteiger partial charge in [-0.05, 0) is 35.7 Å². The summed E-state index contributed by atoms with van der Waals surface area (Å²) < 4.78 is 37.8. The van der Waals surface area contributed by atoms with Crippen molar-refractivity contribution in [2.24, 2.45) is 5.11 Å². The number of benzene rings is 1. The zero-order chi connectivity index (χ0) is 13.2. The summed E-state index contributed by atoms with van der Waals surface area (Å²) in [6.45, 7) is 0.222. The van der Waals surface area contributed by atoms with E-state index >= 15 is 0 Å². The fourth-order valence-corrected chi connectivity index (χ4v) is 1.78. The molecule has 4 nitrogen and oxygen atoms in total. The number of fused-ring (bicyclic) bond motifs is 1. The predicted octanol–water partition coefficient (Wildman–Crippen LogP) is 4.04. The molecule has 0 aliphatic rings. The number of aromatic nitrogens is 1. The van der Waals surface area contributed by atoms with Gasteiger partial charge in [-0.25, -0.2) is 0 Å². The highest BCUT2D eigenvalue weighted by molar-refractivity contribution is 5.84. The van der Waals surface area contributed by atoms with E-state index in [0.29, 0.717) is 22.9 Å². The van der Waals surface area contributed by atoms with Gasteiger partial charge in [-0.1, -0.05) is 5.11 Å². The minimum absolute atomic E-state index is 0.222. The lowest BCUT2D eigenvalue weighted by molar-refractivity contribution is -0.137. The number of hydrogen-bond donors (Lipinski definition) is 1. The lowest BCUT2D eigenvalue weighted by Crippen LogP contribution is -2.04. The van der Waals surface area contributed by atoms with Gasteiger partial charge in [-0.2, -0.15) is 13.2 Å². The average molecular weight is 254 g/mol. The van der Waals surface area contributed by atoms with Gasteiger partial charge in [0.2, 0.25) is 0 Å². The van der Waals surface area contributed by atoms with Crippen LogP contribution in [-0.2, 0) is 12.6 Å². The number of halogens is 3. The van der Waals surface area contributed by atoms with Crippen molar-refractivity contribution in [3.8, 4) is 0 Å². The van der Waals surface area contributed by atoms with Crippen LogP contribution in [0.1, 0.15) is 11.1 Å². The van der Waals surface area contributed by atoms with Gasteiger partial charge in [-0.3, -0.25) is 0 Å². The summed E-state index contributed by atoms with van der Waals surface area (Å²) in [5, 5.41) is 3.88. The van der Waals surface area contributed by atoms with E-state index in [9.17, 15) is 13.2 Å². The molecule has 0 amide bonds. The summed E-state index contributed by atoms with van der Waals surface area (Å²) in [6, 6.07) is 3.54. The zero-order valence-electron chi connectivity index (χ0n) is 9.20. The number of aromatic amines is 1. The molecule has 7 heteroatoms. The standard InChI is InChI=1S/C11H9F3N4/c12-11(13,14)8-1-2-10-9(5-8)7(6-16-10)3-4-17-18-15/h1-2,5-6,16H,3-4H2.